The Morgan fingerprint density at radius 3 is 2.77 bits per heavy atom. The Morgan fingerprint density at radius 1 is 1.27 bits per heavy atom. The summed E-state index contributed by atoms with van der Waals surface area (Å²) in [4.78, 5) is 19.1. The molecule has 1 saturated heterocycles. The van der Waals surface area contributed by atoms with Gasteiger partial charge in [0.25, 0.3) is 5.91 Å². The second-order valence-corrected chi connectivity index (χ2v) is 7.11. The third kappa shape index (κ3) is 4.88. The maximum Gasteiger partial charge on any atom is 0.251 e. The first-order chi connectivity index (χ1) is 12.5. The van der Waals surface area contributed by atoms with Crippen LogP contribution in [0.3, 0.4) is 0 Å². The maximum absolute atomic E-state index is 12.6. The molecule has 2 heterocycles. The molecule has 1 aliphatic heterocycles. The Bertz CT molecular complexity index is 773. The zero-order valence-electron chi connectivity index (χ0n) is 15.2. The fraction of sp³-hybridized carbons (Fsp3) is 0.400. The SMILES string of the molecule is CC(C)Oc1cccc(CNC(=O)c2cc(Cl)nc(N3CCCC3)c2)c1. The third-order valence-electron chi connectivity index (χ3n) is 4.20. The normalized spacial score (nSPS) is 13.9. The number of hydrogen-bond acceptors (Lipinski definition) is 4. The van der Waals surface area contributed by atoms with Crippen molar-refractivity contribution >= 4 is 23.3 Å². The van der Waals surface area contributed by atoms with Crippen molar-refractivity contribution in [2.45, 2.75) is 39.3 Å². The Hall–Kier alpha value is -2.27. The van der Waals surface area contributed by atoms with Crippen LogP contribution in [0.2, 0.25) is 5.15 Å². The van der Waals surface area contributed by atoms with E-state index in [2.05, 4.69) is 15.2 Å². The molecule has 0 atom stereocenters. The molecule has 6 heteroatoms. The maximum atomic E-state index is 12.6. The van der Waals surface area contributed by atoms with Gasteiger partial charge in [-0.3, -0.25) is 4.79 Å². The molecule has 0 bridgehead atoms. The molecule has 0 unspecified atom stereocenters. The predicted octanol–water partition coefficient (Wildman–Crippen LogP) is 4.05. The fourth-order valence-corrected chi connectivity index (χ4v) is 3.21. The Balaban J connectivity index is 1.66. The molecule has 26 heavy (non-hydrogen) atoms. The van der Waals surface area contributed by atoms with E-state index in [9.17, 15) is 4.79 Å². The van der Waals surface area contributed by atoms with E-state index in [-0.39, 0.29) is 12.0 Å². The lowest BCUT2D eigenvalue weighted by molar-refractivity contribution is 0.0950. The van der Waals surface area contributed by atoms with E-state index in [0.29, 0.717) is 17.3 Å². The van der Waals surface area contributed by atoms with Gasteiger partial charge in [-0.1, -0.05) is 23.7 Å². The monoisotopic (exact) mass is 373 g/mol. The van der Waals surface area contributed by atoms with Gasteiger partial charge in [-0.05, 0) is 56.5 Å². The summed E-state index contributed by atoms with van der Waals surface area (Å²) in [7, 11) is 0. The van der Waals surface area contributed by atoms with E-state index in [1.807, 2.05) is 44.2 Å². The van der Waals surface area contributed by atoms with E-state index in [0.717, 1.165) is 43.1 Å². The number of carbonyl (C=O) groups excluding carboxylic acids is 1. The van der Waals surface area contributed by atoms with Gasteiger partial charge >= 0.3 is 0 Å². The van der Waals surface area contributed by atoms with Crippen LogP contribution in [-0.4, -0.2) is 30.1 Å². The Labute approximate surface area is 159 Å². The largest absolute Gasteiger partial charge is 0.491 e. The number of benzene rings is 1. The van der Waals surface area contributed by atoms with Crippen LogP contribution in [0.25, 0.3) is 0 Å². The lowest BCUT2D eigenvalue weighted by Gasteiger charge is -2.17. The highest BCUT2D eigenvalue weighted by Crippen LogP contribution is 2.22. The molecule has 5 nitrogen and oxygen atoms in total. The number of ether oxygens (including phenoxy) is 1. The van der Waals surface area contributed by atoms with Crippen LogP contribution in [0.1, 0.15) is 42.6 Å². The quantitative estimate of drug-likeness (QED) is 0.776. The van der Waals surface area contributed by atoms with Gasteiger partial charge in [-0.2, -0.15) is 0 Å². The van der Waals surface area contributed by atoms with Crippen LogP contribution in [-0.2, 0) is 6.54 Å². The summed E-state index contributed by atoms with van der Waals surface area (Å²) in [6.45, 7) is 6.31. The molecule has 1 fully saturated rings. The number of pyridine rings is 1. The lowest BCUT2D eigenvalue weighted by Crippen LogP contribution is -2.24. The number of rotatable bonds is 6. The minimum Gasteiger partial charge on any atom is -0.491 e. The molecule has 0 spiro atoms. The van der Waals surface area contributed by atoms with Gasteiger partial charge in [-0.15, -0.1) is 0 Å². The molecule has 0 radical (unpaired) electrons. The molecule has 3 rings (SSSR count). The second kappa shape index (κ2) is 8.41. The number of carbonyl (C=O) groups is 1. The van der Waals surface area contributed by atoms with Crippen molar-refractivity contribution in [3.8, 4) is 5.75 Å². The minimum atomic E-state index is -0.162. The first kappa shape index (κ1) is 18.5. The van der Waals surface area contributed by atoms with Gasteiger partial charge in [0.1, 0.15) is 16.7 Å². The van der Waals surface area contributed by atoms with E-state index < -0.39 is 0 Å². The zero-order chi connectivity index (χ0) is 18.5. The molecular weight excluding hydrogens is 350 g/mol. The Morgan fingerprint density at radius 2 is 2.04 bits per heavy atom. The van der Waals surface area contributed by atoms with Crippen LogP contribution in [0.15, 0.2) is 36.4 Å². The summed E-state index contributed by atoms with van der Waals surface area (Å²) in [5.41, 5.74) is 1.51. The van der Waals surface area contributed by atoms with Gasteiger partial charge in [0.15, 0.2) is 0 Å². The van der Waals surface area contributed by atoms with E-state index in [1.54, 1.807) is 6.07 Å². The smallest absolute Gasteiger partial charge is 0.251 e. The van der Waals surface area contributed by atoms with Gasteiger partial charge in [0, 0.05) is 25.2 Å². The number of hydrogen-bond donors (Lipinski definition) is 1. The van der Waals surface area contributed by atoms with Crippen LogP contribution in [0.4, 0.5) is 5.82 Å². The highest BCUT2D eigenvalue weighted by molar-refractivity contribution is 6.29. The van der Waals surface area contributed by atoms with Crippen molar-refractivity contribution < 1.29 is 9.53 Å². The van der Waals surface area contributed by atoms with Gasteiger partial charge in [0.2, 0.25) is 0 Å². The van der Waals surface area contributed by atoms with Crippen molar-refractivity contribution in [2.24, 2.45) is 0 Å². The Kier molecular flexibility index (Phi) is 5.99. The molecule has 0 saturated carbocycles. The molecule has 1 amide bonds. The zero-order valence-corrected chi connectivity index (χ0v) is 15.9. The summed E-state index contributed by atoms with van der Waals surface area (Å²) in [6, 6.07) is 11.2. The van der Waals surface area contributed by atoms with Crippen LogP contribution < -0.4 is 15.0 Å². The average molecular weight is 374 g/mol. The summed E-state index contributed by atoms with van der Waals surface area (Å²) in [5, 5.41) is 3.28. The van der Waals surface area contributed by atoms with Crippen molar-refractivity contribution in [3.05, 3.63) is 52.7 Å². The minimum absolute atomic E-state index is 0.114. The highest BCUT2D eigenvalue weighted by atomic mass is 35.5. The standard InChI is InChI=1S/C20H24ClN3O2/c1-14(2)26-17-7-5-6-15(10-17)13-22-20(25)16-11-18(21)23-19(12-16)24-8-3-4-9-24/h5-7,10-12,14H,3-4,8-9,13H2,1-2H3,(H,22,25). The lowest BCUT2D eigenvalue weighted by atomic mass is 10.2. The number of amides is 1. The van der Waals surface area contributed by atoms with Gasteiger partial charge in [-0.25, -0.2) is 4.98 Å². The number of nitrogens with zero attached hydrogens (tertiary/aromatic N) is 2. The highest BCUT2D eigenvalue weighted by Gasteiger charge is 2.17. The molecule has 138 valence electrons. The number of nitrogens with one attached hydrogen (secondary N) is 1. The number of halogens is 1. The van der Waals surface area contributed by atoms with Crippen LogP contribution >= 0.6 is 11.6 Å². The van der Waals surface area contributed by atoms with E-state index in [1.165, 1.54) is 0 Å². The van der Waals surface area contributed by atoms with Crippen LogP contribution in [0, 0.1) is 0 Å². The van der Waals surface area contributed by atoms with E-state index >= 15 is 0 Å². The average Bonchev–Trinajstić information content (AvgIpc) is 3.13. The third-order valence-corrected chi connectivity index (χ3v) is 4.39. The molecule has 1 aromatic carbocycles. The summed E-state index contributed by atoms with van der Waals surface area (Å²) >= 11 is 6.12. The first-order valence-electron chi connectivity index (χ1n) is 8.97. The van der Waals surface area contributed by atoms with Crippen molar-refractivity contribution in [1.29, 1.82) is 0 Å². The van der Waals surface area contributed by atoms with Crippen molar-refractivity contribution in [3.63, 3.8) is 0 Å². The van der Waals surface area contributed by atoms with Gasteiger partial charge in [0.05, 0.1) is 6.10 Å². The summed E-state index contributed by atoms with van der Waals surface area (Å²) in [5.74, 6) is 1.41. The second-order valence-electron chi connectivity index (χ2n) is 6.73. The summed E-state index contributed by atoms with van der Waals surface area (Å²) < 4.78 is 5.69. The fourth-order valence-electron chi connectivity index (χ4n) is 3.01. The molecule has 0 aliphatic carbocycles. The topological polar surface area (TPSA) is 54.5 Å². The van der Waals surface area contributed by atoms with Crippen LogP contribution in [0.5, 0.6) is 5.75 Å². The molecule has 1 N–H and O–H groups in total. The van der Waals surface area contributed by atoms with Crippen molar-refractivity contribution in [1.82, 2.24) is 10.3 Å². The number of anilines is 1. The molecule has 2 aromatic rings. The van der Waals surface area contributed by atoms with Crippen molar-refractivity contribution in [2.75, 3.05) is 18.0 Å². The summed E-state index contributed by atoms with van der Waals surface area (Å²) in [6.07, 6.45) is 2.40. The van der Waals surface area contributed by atoms with Gasteiger partial charge < -0.3 is 15.0 Å². The molecule has 1 aliphatic rings. The predicted molar refractivity (Wildman–Crippen MR) is 104 cm³/mol. The molecular formula is C20H24ClN3O2. The first-order valence-corrected chi connectivity index (χ1v) is 9.35. The number of aromatic nitrogens is 1. The molecule has 1 aromatic heterocycles. The van der Waals surface area contributed by atoms with E-state index in [4.69, 9.17) is 16.3 Å².